The monoisotopic (exact) mass is 246 g/mol. The van der Waals surface area contributed by atoms with E-state index in [1.165, 1.54) is 0 Å². The summed E-state index contributed by atoms with van der Waals surface area (Å²) in [5, 5.41) is 16.8. The second-order valence-corrected chi connectivity index (χ2v) is 3.93. The molecule has 17 heavy (non-hydrogen) atoms. The maximum absolute atomic E-state index is 8.94. The molecule has 0 aliphatic heterocycles. The third kappa shape index (κ3) is 2.99. The van der Waals surface area contributed by atoms with Crippen molar-refractivity contribution in [3.8, 4) is 6.07 Å². The van der Waals surface area contributed by atoms with Crippen molar-refractivity contribution in [2.24, 2.45) is 0 Å². The Kier molecular flexibility index (Phi) is 3.63. The number of hydrogen-bond donors (Lipinski definition) is 1. The number of aromatic nitrogens is 2. The summed E-state index contributed by atoms with van der Waals surface area (Å²) in [6.07, 6.45) is 3.63. The molecule has 1 aromatic heterocycles. The predicted octanol–water partition coefficient (Wildman–Crippen LogP) is 2.52. The van der Waals surface area contributed by atoms with Crippen LogP contribution in [0, 0.1) is 11.3 Å². The Bertz CT molecular complexity index is 528. The molecule has 2 aromatic rings. The number of anilines is 1. The molecule has 1 N–H and O–H groups in total. The number of nitriles is 1. The van der Waals surface area contributed by atoms with E-state index in [9.17, 15) is 0 Å². The third-order valence-electron chi connectivity index (χ3n) is 2.32. The van der Waals surface area contributed by atoms with Crippen molar-refractivity contribution in [1.29, 1.82) is 5.26 Å². The van der Waals surface area contributed by atoms with Crippen molar-refractivity contribution in [2.75, 3.05) is 11.9 Å². The van der Waals surface area contributed by atoms with E-state index >= 15 is 0 Å². The topological polar surface area (TPSA) is 53.6 Å². The van der Waals surface area contributed by atoms with Crippen LogP contribution in [-0.4, -0.2) is 16.3 Å². The van der Waals surface area contributed by atoms with E-state index < -0.39 is 0 Å². The second kappa shape index (κ2) is 5.37. The van der Waals surface area contributed by atoms with Gasteiger partial charge in [0.25, 0.3) is 0 Å². The van der Waals surface area contributed by atoms with Gasteiger partial charge in [-0.15, -0.1) is 0 Å². The average Bonchev–Trinajstić information content (AvgIpc) is 2.82. The quantitative estimate of drug-likeness (QED) is 0.902. The van der Waals surface area contributed by atoms with E-state index in [2.05, 4.69) is 16.5 Å². The van der Waals surface area contributed by atoms with Crippen LogP contribution in [0.1, 0.15) is 5.56 Å². The number of nitrogens with zero attached hydrogens (tertiary/aromatic N) is 3. The summed E-state index contributed by atoms with van der Waals surface area (Å²) in [5.41, 5.74) is 1.35. The van der Waals surface area contributed by atoms with Crippen molar-refractivity contribution in [1.82, 2.24) is 9.78 Å². The van der Waals surface area contributed by atoms with E-state index in [0.29, 0.717) is 17.1 Å². The Balaban J connectivity index is 1.99. The van der Waals surface area contributed by atoms with Gasteiger partial charge in [-0.3, -0.25) is 4.68 Å². The van der Waals surface area contributed by atoms with Gasteiger partial charge in [-0.2, -0.15) is 10.4 Å². The number of rotatable bonds is 4. The molecule has 0 fully saturated rings. The third-order valence-corrected chi connectivity index (χ3v) is 2.55. The van der Waals surface area contributed by atoms with E-state index in [0.717, 1.165) is 12.2 Å². The highest BCUT2D eigenvalue weighted by Crippen LogP contribution is 2.19. The zero-order valence-electron chi connectivity index (χ0n) is 9.10. The van der Waals surface area contributed by atoms with E-state index in [1.807, 2.05) is 16.9 Å². The Morgan fingerprint density at radius 1 is 1.47 bits per heavy atom. The highest BCUT2D eigenvalue weighted by molar-refractivity contribution is 6.30. The fraction of sp³-hybridized carbons (Fsp3) is 0.167. The Hall–Kier alpha value is -1.99. The maximum Gasteiger partial charge on any atom is 0.101 e. The van der Waals surface area contributed by atoms with Crippen LogP contribution in [0.25, 0.3) is 0 Å². The van der Waals surface area contributed by atoms with Crippen LogP contribution < -0.4 is 5.32 Å². The SMILES string of the molecule is N#Cc1ccc(Cl)cc1NCCn1cccn1. The highest BCUT2D eigenvalue weighted by atomic mass is 35.5. The first-order valence-corrected chi connectivity index (χ1v) is 5.58. The van der Waals surface area contributed by atoms with Crippen molar-refractivity contribution < 1.29 is 0 Å². The number of hydrogen-bond acceptors (Lipinski definition) is 3. The molecule has 0 atom stereocenters. The zero-order chi connectivity index (χ0) is 12.1. The summed E-state index contributed by atoms with van der Waals surface area (Å²) in [5.74, 6) is 0. The maximum atomic E-state index is 8.94. The minimum atomic E-state index is 0.592. The van der Waals surface area contributed by atoms with Crippen molar-refractivity contribution >= 4 is 17.3 Å². The Morgan fingerprint density at radius 3 is 3.06 bits per heavy atom. The van der Waals surface area contributed by atoms with Crippen molar-refractivity contribution in [3.63, 3.8) is 0 Å². The molecule has 5 heteroatoms. The number of halogens is 1. The second-order valence-electron chi connectivity index (χ2n) is 3.50. The average molecular weight is 247 g/mol. The number of nitrogens with one attached hydrogen (secondary N) is 1. The van der Waals surface area contributed by atoms with E-state index in [4.69, 9.17) is 16.9 Å². The molecule has 4 nitrogen and oxygen atoms in total. The molecule has 0 radical (unpaired) electrons. The molecule has 0 saturated heterocycles. The summed E-state index contributed by atoms with van der Waals surface area (Å²) < 4.78 is 1.82. The van der Waals surface area contributed by atoms with Gasteiger partial charge >= 0.3 is 0 Å². The largest absolute Gasteiger partial charge is 0.382 e. The smallest absolute Gasteiger partial charge is 0.101 e. The molecule has 0 aliphatic rings. The van der Waals surface area contributed by atoms with Crippen LogP contribution >= 0.6 is 11.6 Å². The van der Waals surface area contributed by atoms with Gasteiger partial charge in [-0.05, 0) is 24.3 Å². The first-order valence-electron chi connectivity index (χ1n) is 5.20. The van der Waals surface area contributed by atoms with E-state index in [1.54, 1.807) is 24.4 Å². The standard InChI is InChI=1S/C12H11ClN4/c13-11-3-2-10(9-14)12(8-11)15-5-7-17-6-1-4-16-17/h1-4,6,8,15H,5,7H2. The molecule has 0 saturated carbocycles. The lowest BCUT2D eigenvalue weighted by molar-refractivity contribution is 0.638. The molecule has 0 unspecified atom stereocenters. The van der Waals surface area contributed by atoms with Gasteiger partial charge in [0.2, 0.25) is 0 Å². The lowest BCUT2D eigenvalue weighted by Crippen LogP contribution is -2.11. The highest BCUT2D eigenvalue weighted by Gasteiger charge is 2.02. The normalized spacial score (nSPS) is 9.88. The fourth-order valence-corrected chi connectivity index (χ4v) is 1.67. The summed E-state index contributed by atoms with van der Waals surface area (Å²) in [7, 11) is 0. The predicted molar refractivity (Wildman–Crippen MR) is 66.9 cm³/mol. The molecular formula is C12H11ClN4. The first-order chi connectivity index (χ1) is 8.29. The van der Waals surface area contributed by atoms with Crippen LogP contribution in [0.5, 0.6) is 0 Å². The first kappa shape index (κ1) is 11.5. The van der Waals surface area contributed by atoms with Gasteiger partial charge in [-0.25, -0.2) is 0 Å². The number of benzene rings is 1. The van der Waals surface area contributed by atoms with Crippen LogP contribution in [0.15, 0.2) is 36.7 Å². The molecule has 1 heterocycles. The van der Waals surface area contributed by atoms with Crippen LogP contribution in [-0.2, 0) is 6.54 Å². The van der Waals surface area contributed by atoms with Gasteiger partial charge in [0, 0.05) is 24.0 Å². The summed E-state index contributed by atoms with van der Waals surface area (Å²) in [4.78, 5) is 0. The molecule has 86 valence electrons. The zero-order valence-corrected chi connectivity index (χ0v) is 9.85. The molecular weight excluding hydrogens is 236 g/mol. The van der Waals surface area contributed by atoms with Gasteiger partial charge < -0.3 is 5.32 Å². The van der Waals surface area contributed by atoms with Gasteiger partial charge in [0.15, 0.2) is 0 Å². The molecule has 0 spiro atoms. The minimum Gasteiger partial charge on any atom is -0.382 e. The Labute approximate surface area is 104 Å². The van der Waals surface area contributed by atoms with Crippen LogP contribution in [0.3, 0.4) is 0 Å². The lowest BCUT2D eigenvalue weighted by atomic mass is 10.2. The summed E-state index contributed by atoms with van der Waals surface area (Å²) >= 11 is 5.89. The molecule has 2 rings (SSSR count). The molecule has 0 amide bonds. The summed E-state index contributed by atoms with van der Waals surface area (Å²) in [6, 6.07) is 9.17. The molecule has 1 aromatic carbocycles. The van der Waals surface area contributed by atoms with Crippen LogP contribution in [0.4, 0.5) is 5.69 Å². The van der Waals surface area contributed by atoms with E-state index in [-0.39, 0.29) is 0 Å². The summed E-state index contributed by atoms with van der Waals surface area (Å²) in [6.45, 7) is 1.43. The fourth-order valence-electron chi connectivity index (χ4n) is 1.50. The van der Waals surface area contributed by atoms with Crippen LogP contribution in [0.2, 0.25) is 5.02 Å². The van der Waals surface area contributed by atoms with Gasteiger partial charge in [0.1, 0.15) is 6.07 Å². The molecule has 0 bridgehead atoms. The van der Waals surface area contributed by atoms with Crippen molar-refractivity contribution in [2.45, 2.75) is 6.54 Å². The van der Waals surface area contributed by atoms with Gasteiger partial charge in [0.05, 0.1) is 17.8 Å². The molecule has 0 aliphatic carbocycles. The van der Waals surface area contributed by atoms with Gasteiger partial charge in [-0.1, -0.05) is 11.6 Å². The minimum absolute atomic E-state index is 0.592. The Morgan fingerprint density at radius 2 is 2.35 bits per heavy atom. The lowest BCUT2D eigenvalue weighted by Gasteiger charge is -2.08. The van der Waals surface area contributed by atoms with Crippen molar-refractivity contribution in [3.05, 3.63) is 47.2 Å².